The molecule has 1 rings (SSSR count). The SMILES string of the molecule is CC(C)SCC(=O)Cc1cc(F)ccc1Cl. The monoisotopic (exact) mass is 260 g/mol. The van der Waals surface area contributed by atoms with E-state index < -0.39 is 0 Å². The van der Waals surface area contributed by atoms with Crippen molar-refractivity contribution in [3.05, 3.63) is 34.6 Å². The van der Waals surface area contributed by atoms with E-state index in [9.17, 15) is 9.18 Å². The summed E-state index contributed by atoms with van der Waals surface area (Å²) in [5, 5.41) is 0.872. The van der Waals surface area contributed by atoms with Gasteiger partial charge in [-0.05, 0) is 29.0 Å². The third-order valence-electron chi connectivity index (χ3n) is 1.97. The molecule has 0 amide bonds. The first kappa shape index (κ1) is 13.5. The maximum Gasteiger partial charge on any atom is 0.147 e. The predicted molar refractivity (Wildman–Crippen MR) is 67.7 cm³/mol. The van der Waals surface area contributed by atoms with Gasteiger partial charge in [-0.1, -0.05) is 25.4 Å². The topological polar surface area (TPSA) is 17.1 Å². The number of hydrogen-bond acceptors (Lipinski definition) is 2. The molecule has 1 aromatic rings. The summed E-state index contributed by atoms with van der Waals surface area (Å²) < 4.78 is 12.9. The first-order valence-corrected chi connectivity index (χ1v) is 6.49. The number of Topliss-reactive ketones (excluding diaryl/α,β-unsaturated/α-hetero) is 1. The molecule has 0 heterocycles. The maximum atomic E-state index is 12.9. The average molecular weight is 261 g/mol. The van der Waals surface area contributed by atoms with Crippen molar-refractivity contribution in [2.24, 2.45) is 0 Å². The summed E-state index contributed by atoms with van der Waals surface area (Å²) in [7, 11) is 0. The molecule has 88 valence electrons. The van der Waals surface area contributed by atoms with Gasteiger partial charge >= 0.3 is 0 Å². The lowest BCUT2D eigenvalue weighted by molar-refractivity contribution is -0.116. The van der Waals surface area contributed by atoms with Crippen molar-refractivity contribution in [1.29, 1.82) is 0 Å². The minimum Gasteiger partial charge on any atom is -0.298 e. The Balaban J connectivity index is 2.59. The molecule has 16 heavy (non-hydrogen) atoms. The van der Waals surface area contributed by atoms with Gasteiger partial charge in [0.15, 0.2) is 0 Å². The molecule has 0 aliphatic heterocycles. The standard InChI is InChI=1S/C12H14ClFOS/c1-8(2)16-7-11(15)6-9-5-10(14)3-4-12(9)13/h3-5,8H,6-7H2,1-2H3. The first-order valence-electron chi connectivity index (χ1n) is 5.06. The molecule has 0 unspecified atom stereocenters. The van der Waals surface area contributed by atoms with E-state index in [1.807, 2.05) is 13.8 Å². The minimum atomic E-state index is -0.358. The molecular weight excluding hydrogens is 247 g/mol. The highest BCUT2D eigenvalue weighted by atomic mass is 35.5. The molecule has 1 nitrogen and oxygen atoms in total. The fourth-order valence-corrected chi connectivity index (χ4v) is 2.01. The van der Waals surface area contributed by atoms with E-state index in [1.165, 1.54) is 18.2 Å². The zero-order valence-corrected chi connectivity index (χ0v) is 10.9. The van der Waals surface area contributed by atoms with Crippen LogP contribution in [0.5, 0.6) is 0 Å². The molecule has 0 radical (unpaired) electrons. The second-order valence-corrected chi connectivity index (χ2v) is 5.78. The smallest absolute Gasteiger partial charge is 0.147 e. The van der Waals surface area contributed by atoms with Crippen LogP contribution in [0.1, 0.15) is 19.4 Å². The summed E-state index contributed by atoms with van der Waals surface area (Å²) in [6, 6.07) is 4.09. The van der Waals surface area contributed by atoms with Crippen LogP contribution in [0.15, 0.2) is 18.2 Å². The van der Waals surface area contributed by atoms with Crippen molar-refractivity contribution in [3.63, 3.8) is 0 Å². The Bertz CT molecular complexity index is 379. The van der Waals surface area contributed by atoms with Gasteiger partial charge in [-0.3, -0.25) is 4.79 Å². The Kier molecular flexibility index (Phi) is 5.29. The van der Waals surface area contributed by atoms with Gasteiger partial charge in [-0.15, -0.1) is 0 Å². The van der Waals surface area contributed by atoms with E-state index >= 15 is 0 Å². The molecule has 0 N–H and O–H groups in total. The number of carbonyl (C=O) groups excluding carboxylic acids is 1. The van der Waals surface area contributed by atoms with Gasteiger partial charge in [0.25, 0.3) is 0 Å². The second-order valence-electron chi connectivity index (χ2n) is 3.81. The third kappa shape index (κ3) is 4.54. The van der Waals surface area contributed by atoms with Crippen molar-refractivity contribution < 1.29 is 9.18 Å². The molecule has 1 aromatic carbocycles. The number of benzene rings is 1. The zero-order chi connectivity index (χ0) is 12.1. The highest BCUT2D eigenvalue weighted by Crippen LogP contribution is 2.19. The molecule has 0 saturated heterocycles. The van der Waals surface area contributed by atoms with Gasteiger partial charge in [0.2, 0.25) is 0 Å². The number of thioether (sulfide) groups is 1. The summed E-state index contributed by atoms with van der Waals surface area (Å²) in [5.74, 6) is 0.166. The molecular formula is C12H14ClFOS. The lowest BCUT2D eigenvalue weighted by Crippen LogP contribution is -2.08. The number of hydrogen-bond donors (Lipinski definition) is 0. The largest absolute Gasteiger partial charge is 0.298 e. The van der Waals surface area contributed by atoms with Gasteiger partial charge in [-0.2, -0.15) is 11.8 Å². The Labute approximate surface area is 104 Å². The van der Waals surface area contributed by atoms with Crippen LogP contribution in [-0.4, -0.2) is 16.8 Å². The Morgan fingerprint density at radius 3 is 2.81 bits per heavy atom. The molecule has 0 fully saturated rings. The van der Waals surface area contributed by atoms with Gasteiger partial charge in [0.05, 0.1) is 5.75 Å². The van der Waals surface area contributed by atoms with Crippen molar-refractivity contribution in [1.82, 2.24) is 0 Å². The summed E-state index contributed by atoms with van der Waals surface area (Å²) in [5.41, 5.74) is 0.566. The molecule has 0 spiro atoms. The van der Waals surface area contributed by atoms with Crippen LogP contribution in [0.2, 0.25) is 5.02 Å². The Morgan fingerprint density at radius 1 is 1.50 bits per heavy atom. The van der Waals surface area contributed by atoms with Gasteiger partial charge in [0.1, 0.15) is 11.6 Å². The highest BCUT2D eigenvalue weighted by Gasteiger charge is 2.09. The minimum absolute atomic E-state index is 0.0752. The van der Waals surface area contributed by atoms with Crippen LogP contribution in [0.25, 0.3) is 0 Å². The summed E-state index contributed by atoms with van der Waals surface area (Å²) in [4.78, 5) is 11.6. The average Bonchev–Trinajstić information content (AvgIpc) is 2.20. The van der Waals surface area contributed by atoms with E-state index in [-0.39, 0.29) is 18.0 Å². The number of halogens is 2. The van der Waals surface area contributed by atoms with Crippen LogP contribution in [0.3, 0.4) is 0 Å². The number of carbonyl (C=O) groups is 1. The highest BCUT2D eigenvalue weighted by molar-refractivity contribution is 8.00. The van der Waals surface area contributed by atoms with E-state index in [0.29, 0.717) is 21.6 Å². The lowest BCUT2D eigenvalue weighted by Gasteiger charge is -2.05. The first-order chi connectivity index (χ1) is 7.49. The molecule has 0 saturated carbocycles. The Morgan fingerprint density at radius 2 is 2.19 bits per heavy atom. The molecule has 0 aliphatic carbocycles. The summed E-state index contributed by atoms with van der Waals surface area (Å²) in [6.07, 6.45) is 0.205. The number of rotatable bonds is 5. The maximum absolute atomic E-state index is 12.9. The molecule has 0 atom stereocenters. The summed E-state index contributed by atoms with van der Waals surface area (Å²) in [6.45, 7) is 4.07. The van der Waals surface area contributed by atoms with E-state index in [1.54, 1.807) is 11.8 Å². The zero-order valence-electron chi connectivity index (χ0n) is 9.30. The fraction of sp³-hybridized carbons (Fsp3) is 0.417. The van der Waals surface area contributed by atoms with Gasteiger partial charge in [-0.25, -0.2) is 4.39 Å². The molecule has 0 bridgehead atoms. The van der Waals surface area contributed by atoms with Crippen LogP contribution in [-0.2, 0) is 11.2 Å². The molecule has 0 aliphatic rings. The normalized spacial score (nSPS) is 10.8. The van der Waals surface area contributed by atoms with E-state index in [0.717, 1.165) is 0 Å². The van der Waals surface area contributed by atoms with Gasteiger partial charge in [0, 0.05) is 11.4 Å². The predicted octanol–water partition coefficient (Wildman–Crippen LogP) is 3.73. The van der Waals surface area contributed by atoms with Crippen LogP contribution < -0.4 is 0 Å². The second kappa shape index (κ2) is 6.26. The molecule has 0 aromatic heterocycles. The van der Waals surface area contributed by atoms with Crippen LogP contribution in [0.4, 0.5) is 4.39 Å². The van der Waals surface area contributed by atoms with Crippen LogP contribution >= 0.6 is 23.4 Å². The van der Waals surface area contributed by atoms with Crippen LogP contribution in [0, 0.1) is 5.82 Å². The Hall–Kier alpha value is -0.540. The molecule has 4 heteroatoms. The van der Waals surface area contributed by atoms with Crippen molar-refractivity contribution >= 4 is 29.1 Å². The lowest BCUT2D eigenvalue weighted by atomic mass is 10.1. The van der Waals surface area contributed by atoms with Crippen molar-refractivity contribution in [2.45, 2.75) is 25.5 Å². The number of ketones is 1. The van der Waals surface area contributed by atoms with Crippen molar-refractivity contribution in [2.75, 3.05) is 5.75 Å². The quantitative estimate of drug-likeness (QED) is 0.802. The van der Waals surface area contributed by atoms with E-state index in [2.05, 4.69) is 0 Å². The fourth-order valence-electron chi connectivity index (χ4n) is 1.20. The third-order valence-corrected chi connectivity index (χ3v) is 3.50. The van der Waals surface area contributed by atoms with Crippen molar-refractivity contribution in [3.8, 4) is 0 Å². The van der Waals surface area contributed by atoms with Gasteiger partial charge < -0.3 is 0 Å². The summed E-state index contributed by atoms with van der Waals surface area (Å²) >= 11 is 7.46. The van der Waals surface area contributed by atoms with E-state index in [4.69, 9.17) is 11.6 Å².